The van der Waals surface area contributed by atoms with Gasteiger partial charge < -0.3 is 10.2 Å². The minimum absolute atomic E-state index is 0.123. The number of amides is 1. The van der Waals surface area contributed by atoms with Gasteiger partial charge in [-0.15, -0.1) is 0 Å². The number of rotatable bonds is 4. The van der Waals surface area contributed by atoms with Gasteiger partial charge in [0.1, 0.15) is 12.1 Å². The predicted molar refractivity (Wildman–Crippen MR) is 91.6 cm³/mol. The van der Waals surface area contributed by atoms with Crippen LogP contribution in [0.3, 0.4) is 0 Å². The normalized spacial score (nSPS) is 10.7. The highest BCUT2D eigenvalue weighted by Gasteiger charge is 2.14. The van der Waals surface area contributed by atoms with Crippen molar-refractivity contribution in [2.45, 2.75) is 6.92 Å². The molecule has 0 spiro atoms. The summed E-state index contributed by atoms with van der Waals surface area (Å²) in [6.45, 7) is 2.06. The zero-order chi connectivity index (χ0) is 16.4. The van der Waals surface area contributed by atoms with Gasteiger partial charge in [-0.1, -0.05) is 12.1 Å². The molecule has 0 unspecified atom stereocenters. The van der Waals surface area contributed by atoms with Crippen LogP contribution in [0, 0.1) is 6.92 Å². The number of nitrogens with one attached hydrogen (secondary N) is 1. The number of benzene rings is 1. The summed E-state index contributed by atoms with van der Waals surface area (Å²) in [5.74, 6) is 1.15. The maximum atomic E-state index is 12.3. The van der Waals surface area contributed by atoms with Crippen LogP contribution in [0.25, 0.3) is 5.78 Å². The van der Waals surface area contributed by atoms with Crippen molar-refractivity contribution in [2.24, 2.45) is 0 Å². The van der Waals surface area contributed by atoms with E-state index in [4.69, 9.17) is 0 Å². The molecule has 23 heavy (non-hydrogen) atoms. The van der Waals surface area contributed by atoms with E-state index in [9.17, 15) is 4.79 Å². The molecule has 0 bridgehead atoms. The van der Waals surface area contributed by atoms with Gasteiger partial charge >= 0.3 is 0 Å². The number of aromatic nitrogens is 4. The third-order valence-corrected chi connectivity index (χ3v) is 3.97. The van der Waals surface area contributed by atoms with Crippen LogP contribution in [-0.4, -0.2) is 39.1 Å². The third kappa shape index (κ3) is 3.31. The summed E-state index contributed by atoms with van der Waals surface area (Å²) in [4.78, 5) is 22.5. The predicted octanol–water partition coefficient (Wildman–Crippen LogP) is 2.27. The molecule has 8 heteroatoms. The standard InChI is InChI=1S/C15H15BrN6O/c1-10-7-14(22-15(19-10)17-9-18-22)21(2)8-13(23)20-12-6-4-3-5-11(12)16/h3-7,9H,8H2,1-2H3,(H,20,23). The van der Waals surface area contributed by atoms with Crippen molar-refractivity contribution in [2.75, 3.05) is 23.8 Å². The first-order valence-electron chi connectivity index (χ1n) is 6.97. The number of hydrogen-bond acceptors (Lipinski definition) is 5. The van der Waals surface area contributed by atoms with Crippen LogP contribution in [-0.2, 0) is 4.79 Å². The highest BCUT2D eigenvalue weighted by molar-refractivity contribution is 9.10. The number of anilines is 2. The van der Waals surface area contributed by atoms with Gasteiger partial charge in [-0.2, -0.15) is 14.6 Å². The van der Waals surface area contributed by atoms with E-state index in [1.807, 2.05) is 49.2 Å². The molecule has 1 amide bonds. The van der Waals surface area contributed by atoms with Crippen LogP contribution in [0.15, 0.2) is 41.1 Å². The molecule has 3 rings (SSSR count). The molecule has 0 aliphatic carbocycles. The highest BCUT2D eigenvalue weighted by Crippen LogP contribution is 2.21. The minimum atomic E-state index is -0.123. The fourth-order valence-electron chi connectivity index (χ4n) is 2.23. The van der Waals surface area contributed by atoms with Crippen LogP contribution in [0.2, 0.25) is 0 Å². The molecular formula is C15H15BrN6O. The van der Waals surface area contributed by atoms with Crippen LogP contribution in [0.4, 0.5) is 11.5 Å². The van der Waals surface area contributed by atoms with E-state index in [0.717, 1.165) is 21.7 Å². The Morgan fingerprint density at radius 1 is 1.39 bits per heavy atom. The van der Waals surface area contributed by atoms with Crippen molar-refractivity contribution in [3.63, 3.8) is 0 Å². The molecule has 0 saturated heterocycles. The fraction of sp³-hybridized carbons (Fsp3) is 0.200. The lowest BCUT2D eigenvalue weighted by molar-refractivity contribution is -0.114. The molecular weight excluding hydrogens is 360 g/mol. The summed E-state index contributed by atoms with van der Waals surface area (Å²) in [7, 11) is 1.83. The first-order chi connectivity index (χ1) is 11.0. The summed E-state index contributed by atoms with van der Waals surface area (Å²) >= 11 is 3.41. The van der Waals surface area contributed by atoms with E-state index in [-0.39, 0.29) is 12.5 Å². The molecule has 118 valence electrons. The lowest BCUT2D eigenvalue weighted by Gasteiger charge is -2.19. The molecule has 0 aliphatic rings. The number of fused-ring (bicyclic) bond motifs is 1. The molecule has 1 aromatic carbocycles. The average Bonchev–Trinajstić information content (AvgIpc) is 2.96. The molecule has 1 N–H and O–H groups in total. The van der Waals surface area contributed by atoms with E-state index in [2.05, 4.69) is 36.3 Å². The third-order valence-electron chi connectivity index (χ3n) is 3.28. The largest absolute Gasteiger partial charge is 0.350 e. The van der Waals surface area contributed by atoms with Gasteiger partial charge in [-0.05, 0) is 35.0 Å². The van der Waals surface area contributed by atoms with Gasteiger partial charge in [0.05, 0.1) is 12.2 Å². The number of nitrogens with zero attached hydrogens (tertiary/aromatic N) is 5. The van der Waals surface area contributed by atoms with Gasteiger partial charge in [0.25, 0.3) is 5.78 Å². The van der Waals surface area contributed by atoms with Crippen molar-refractivity contribution in [1.29, 1.82) is 0 Å². The second kappa shape index (κ2) is 6.33. The number of carbonyl (C=O) groups excluding carboxylic acids is 1. The Bertz CT molecular complexity index is 862. The van der Waals surface area contributed by atoms with Crippen LogP contribution in [0.5, 0.6) is 0 Å². The van der Waals surface area contributed by atoms with E-state index >= 15 is 0 Å². The Hall–Kier alpha value is -2.48. The van der Waals surface area contributed by atoms with Crippen LogP contribution in [0.1, 0.15) is 5.69 Å². The Morgan fingerprint density at radius 2 is 2.17 bits per heavy atom. The number of carbonyl (C=O) groups is 1. The lowest BCUT2D eigenvalue weighted by atomic mass is 10.3. The highest BCUT2D eigenvalue weighted by atomic mass is 79.9. The van der Waals surface area contributed by atoms with Gasteiger partial charge in [-0.25, -0.2) is 4.98 Å². The molecule has 0 fully saturated rings. The molecule has 0 radical (unpaired) electrons. The van der Waals surface area contributed by atoms with Crippen molar-refractivity contribution >= 4 is 39.1 Å². The molecule has 2 heterocycles. The monoisotopic (exact) mass is 374 g/mol. The molecule has 0 atom stereocenters. The summed E-state index contributed by atoms with van der Waals surface area (Å²) < 4.78 is 2.45. The van der Waals surface area contributed by atoms with Crippen molar-refractivity contribution < 1.29 is 4.79 Å². The Balaban J connectivity index is 1.78. The maximum absolute atomic E-state index is 12.3. The minimum Gasteiger partial charge on any atom is -0.350 e. The molecule has 0 saturated carbocycles. The molecule has 2 aromatic heterocycles. The molecule has 0 aliphatic heterocycles. The molecule has 3 aromatic rings. The summed E-state index contributed by atoms with van der Waals surface area (Å²) in [6.07, 6.45) is 1.44. The Kier molecular flexibility index (Phi) is 4.24. The lowest BCUT2D eigenvalue weighted by Crippen LogP contribution is -2.31. The van der Waals surface area contributed by atoms with Gasteiger partial charge in [-0.3, -0.25) is 4.79 Å². The van der Waals surface area contributed by atoms with Crippen molar-refractivity contribution in [1.82, 2.24) is 19.6 Å². The first-order valence-corrected chi connectivity index (χ1v) is 7.77. The van der Waals surface area contributed by atoms with E-state index in [1.54, 1.807) is 4.52 Å². The second-order valence-electron chi connectivity index (χ2n) is 5.11. The van der Waals surface area contributed by atoms with Gasteiger partial charge in [0.15, 0.2) is 0 Å². The molecule has 7 nitrogen and oxygen atoms in total. The zero-order valence-corrected chi connectivity index (χ0v) is 14.3. The summed E-state index contributed by atoms with van der Waals surface area (Å²) in [5, 5.41) is 7.03. The zero-order valence-electron chi connectivity index (χ0n) is 12.7. The van der Waals surface area contributed by atoms with E-state index in [1.165, 1.54) is 6.33 Å². The fourth-order valence-corrected chi connectivity index (χ4v) is 2.62. The smallest absolute Gasteiger partial charge is 0.254 e. The quantitative estimate of drug-likeness (QED) is 0.757. The summed E-state index contributed by atoms with van der Waals surface area (Å²) in [6, 6.07) is 9.36. The Labute approximate surface area is 141 Å². The second-order valence-corrected chi connectivity index (χ2v) is 5.97. The van der Waals surface area contributed by atoms with Crippen LogP contribution < -0.4 is 10.2 Å². The maximum Gasteiger partial charge on any atom is 0.254 e. The van der Waals surface area contributed by atoms with E-state index < -0.39 is 0 Å². The number of para-hydroxylation sites is 1. The SMILES string of the molecule is Cc1cc(N(C)CC(=O)Nc2ccccc2Br)n2ncnc2n1. The first kappa shape index (κ1) is 15.4. The van der Waals surface area contributed by atoms with E-state index in [0.29, 0.717) is 5.78 Å². The van der Waals surface area contributed by atoms with Crippen molar-refractivity contribution in [3.05, 3.63) is 46.8 Å². The van der Waals surface area contributed by atoms with Gasteiger partial charge in [0, 0.05) is 23.3 Å². The van der Waals surface area contributed by atoms with Gasteiger partial charge in [0.2, 0.25) is 5.91 Å². The number of aryl methyl sites for hydroxylation is 1. The number of hydrogen-bond donors (Lipinski definition) is 1. The number of halogens is 1. The topological polar surface area (TPSA) is 75.4 Å². The number of likely N-dealkylation sites (N-methyl/N-ethyl adjacent to an activating group) is 1. The van der Waals surface area contributed by atoms with Crippen molar-refractivity contribution in [3.8, 4) is 0 Å². The average molecular weight is 375 g/mol. The Morgan fingerprint density at radius 3 is 2.96 bits per heavy atom. The summed E-state index contributed by atoms with van der Waals surface area (Å²) in [5.41, 5.74) is 1.56. The van der Waals surface area contributed by atoms with Crippen LogP contribution >= 0.6 is 15.9 Å².